The molecule has 1 fully saturated rings. The quantitative estimate of drug-likeness (QED) is 0.476. The second-order valence-electron chi connectivity index (χ2n) is 10.1. The molecule has 0 saturated heterocycles. The molecule has 1 atom stereocenters. The van der Waals surface area contributed by atoms with E-state index in [-0.39, 0.29) is 35.8 Å². The lowest BCUT2D eigenvalue weighted by atomic mass is 9.93. The van der Waals surface area contributed by atoms with Crippen molar-refractivity contribution in [2.45, 2.75) is 57.8 Å². The molecular weight excluding hydrogens is 490 g/mol. The van der Waals surface area contributed by atoms with Crippen LogP contribution in [-0.2, 0) is 24.3 Å². The number of benzene rings is 2. The molecule has 1 aliphatic carbocycles. The number of hydrogen-bond acceptors (Lipinski definition) is 4. The standard InChI is InChI=1S/C28H30ClN5O3/c1-18-3-5-20(6-4-18)15-31-27(37)28(2)16-33-17-32-23(24(33)26(36)34(28)22-11-12-22)25(35)30-14-13-19-7-9-21(29)10-8-19/h3-10,17,22H,11-16H2,1-2H3,(H,30,35)(H,31,37)/t28-/m1/s1. The first-order valence-electron chi connectivity index (χ1n) is 12.5. The van der Waals surface area contributed by atoms with Crippen molar-refractivity contribution in [1.29, 1.82) is 0 Å². The summed E-state index contributed by atoms with van der Waals surface area (Å²) < 4.78 is 1.64. The van der Waals surface area contributed by atoms with Gasteiger partial charge in [0.2, 0.25) is 5.91 Å². The molecule has 2 heterocycles. The van der Waals surface area contributed by atoms with Crippen LogP contribution in [0.2, 0.25) is 5.02 Å². The van der Waals surface area contributed by atoms with Gasteiger partial charge in [-0.2, -0.15) is 0 Å². The number of fused-ring (bicyclic) bond motifs is 1. The Morgan fingerprint density at radius 2 is 1.73 bits per heavy atom. The van der Waals surface area contributed by atoms with E-state index in [2.05, 4.69) is 15.6 Å². The van der Waals surface area contributed by atoms with E-state index in [1.165, 1.54) is 6.33 Å². The Hall–Kier alpha value is -3.65. The fraction of sp³-hybridized carbons (Fsp3) is 0.357. The normalized spacial score (nSPS) is 18.9. The maximum Gasteiger partial charge on any atom is 0.274 e. The van der Waals surface area contributed by atoms with Gasteiger partial charge in [0.1, 0.15) is 11.2 Å². The number of nitrogens with one attached hydrogen (secondary N) is 2. The predicted molar refractivity (Wildman–Crippen MR) is 140 cm³/mol. The minimum atomic E-state index is -1.08. The topological polar surface area (TPSA) is 96.3 Å². The molecule has 3 amide bonds. The molecule has 0 unspecified atom stereocenters. The number of hydrogen-bond donors (Lipinski definition) is 2. The van der Waals surface area contributed by atoms with E-state index in [0.29, 0.717) is 24.5 Å². The third-order valence-corrected chi connectivity index (χ3v) is 7.32. The Kier molecular flexibility index (Phi) is 6.77. The molecule has 37 heavy (non-hydrogen) atoms. The zero-order chi connectivity index (χ0) is 26.2. The smallest absolute Gasteiger partial charge is 0.274 e. The molecule has 5 rings (SSSR count). The van der Waals surface area contributed by atoms with Crippen LogP contribution in [-0.4, -0.2) is 50.3 Å². The first-order chi connectivity index (χ1) is 17.8. The van der Waals surface area contributed by atoms with Gasteiger partial charge < -0.3 is 20.1 Å². The highest BCUT2D eigenvalue weighted by Crippen LogP contribution is 2.38. The third kappa shape index (κ3) is 5.11. The molecular formula is C28H30ClN5O3. The number of carbonyl (C=O) groups is 3. The molecule has 8 nitrogen and oxygen atoms in total. The lowest BCUT2D eigenvalue weighted by molar-refractivity contribution is -0.133. The van der Waals surface area contributed by atoms with Gasteiger partial charge in [0, 0.05) is 24.2 Å². The van der Waals surface area contributed by atoms with Crippen LogP contribution in [0.15, 0.2) is 54.9 Å². The fourth-order valence-corrected chi connectivity index (χ4v) is 4.98. The Morgan fingerprint density at radius 3 is 2.41 bits per heavy atom. The molecule has 2 N–H and O–H groups in total. The highest BCUT2D eigenvalue weighted by atomic mass is 35.5. The van der Waals surface area contributed by atoms with Gasteiger partial charge in [-0.1, -0.05) is 53.6 Å². The van der Waals surface area contributed by atoms with Crippen molar-refractivity contribution < 1.29 is 14.4 Å². The number of carbonyl (C=O) groups excluding carboxylic acids is 3. The SMILES string of the molecule is Cc1ccc(CNC(=O)[C@@]2(C)Cn3cnc(C(=O)NCCc4ccc(Cl)cc4)c3C(=O)N2C2CC2)cc1. The predicted octanol–water partition coefficient (Wildman–Crippen LogP) is 3.51. The molecule has 192 valence electrons. The van der Waals surface area contributed by atoms with E-state index in [1.807, 2.05) is 55.5 Å². The zero-order valence-electron chi connectivity index (χ0n) is 21.0. The Morgan fingerprint density at radius 1 is 1.05 bits per heavy atom. The molecule has 0 radical (unpaired) electrons. The lowest BCUT2D eigenvalue weighted by Gasteiger charge is -2.44. The van der Waals surface area contributed by atoms with E-state index < -0.39 is 11.4 Å². The van der Waals surface area contributed by atoms with Crippen molar-refractivity contribution in [3.8, 4) is 0 Å². The van der Waals surface area contributed by atoms with Gasteiger partial charge in [0.05, 0.1) is 12.9 Å². The molecule has 2 aliphatic rings. The van der Waals surface area contributed by atoms with Crippen molar-refractivity contribution in [3.63, 3.8) is 0 Å². The van der Waals surface area contributed by atoms with E-state index in [9.17, 15) is 14.4 Å². The number of rotatable bonds is 8. The van der Waals surface area contributed by atoms with Crippen molar-refractivity contribution in [2.75, 3.05) is 6.54 Å². The molecule has 1 saturated carbocycles. The molecule has 1 aliphatic heterocycles. The summed E-state index contributed by atoms with van der Waals surface area (Å²) in [6.07, 6.45) is 3.78. The van der Waals surface area contributed by atoms with Crippen molar-refractivity contribution in [3.05, 3.63) is 88.0 Å². The summed E-state index contributed by atoms with van der Waals surface area (Å²) in [5, 5.41) is 6.54. The highest BCUT2D eigenvalue weighted by Gasteiger charge is 2.53. The highest BCUT2D eigenvalue weighted by molar-refractivity contribution is 6.30. The van der Waals surface area contributed by atoms with E-state index in [1.54, 1.807) is 16.4 Å². The van der Waals surface area contributed by atoms with Gasteiger partial charge in [0.25, 0.3) is 11.8 Å². The van der Waals surface area contributed by atoms with Gasteiger partial charge in [-0.15, -0.1) is 0 Å². The number of imidazole rings is 1. The first-order valence-corrected chi connectivity index (χ1v) is 12.9. The van der Waals surface area contributed by atoms with Gasteiger partial charge in [-0.25, -0.2) is 4.98 Å². The van der Waals surface area contributed by atoms with E-state index in [0.717, 1.165) is 29.5 Å². The largest absolute Gasteiger partial charge is 0.350 e. The number of nitrogens with zero attached hydrogens (tertiary/aromatic N) is 3. The number of aromatic nitrogens is 2. The molecule has 1 aromatic heterocycles. The van der Waals surface area contributed by atoms with Crippen LogP contribution in [0.3, 0.4) is 0 Å². The van der Waals surface area contributed by atoms with Crippen LogP contribution in [0.4, 0.5) is 0 Å². The second-order valence-corrected chi connectivity index (χ2v) is 10.5. The van der Waals surface area contributed by atoms with Crippen molar-refractivity contribution in [2.24, 2.45) is 0 Å². The molecule has 0 bridgehead atoms. The monoisotopic (exact) mass is 519 g/mol. The summed E-state index contributed by atoms with van der Waals surface area (Å²) in [6.45, 7) is 4.81. The molecule has 0 spiro atoms. The average Bonchev–Trinajstić information content (AvgIpc) is 3.62. The minimum Gasteiger partial charge on any atom is -0.350 e. The van der Waals surface area contributed by atoms with Crippen LogP contribution in [0, 0.1) is 6.92 Å². The summed E-state index contributed by atoms with van der Waals surface area (Å²) >= 11 is 5.93. The van der Waals surface area contributed by atoms with Gasteiger partial charge in [-0.05, 0) is 56.4 Å². The van der Waals surface area contributed by atoms with Crippen LogP contribution in [0.5, 0.6) is 0 Å². The van der Waals surface area contributed by atoms with Gasteiger partial charge >= 0.3 is 0 Å². The maximum atomic E-state index is 13.7. The minimum absolute atomic E-state index is 0.0212. The third-order valence-electron chi connectivity index (χ3n) is 7.07. The molecule has 9 heteroatoms. The number of halogens is 1. The zero-order valence-corrected chi connectivity index (χ0v) is 21.7. The summed E-state index contributed by atoms with van der Waals surface area (Å²) in [7, 11) is 0. The number of amides is 3. The van der Waals surface area contributed by atoms with E-state index >= 15 is 0 Å². The number of aryl methyl sites for hydroxylation is 1. The summed E-state index contributed by atoms with van der Waals surface area (Å²) in [5.74, 6) is -0.956. The van der Waals surface area contributed by atoms with Crippen molar-refractivity contribution in [1.82, 2.24) is 25.1 Å². The van der Waals surface area contributed by atoms with Crippen LogP contribution in [0.25, 0.3) is 0 Å². The first kappa shape index (κ1) is 25.0. The lowest BCUT2D eigenvalue weighted by Crippen LogP contribution is -2.64. The summed E-state index contributed by atoms with van der Waals surface area (Å²) in [6, 6.07) is 15.4. The molecule has 3 aromatic rings. The Bertz CT molecular complexity index is 1330. The average molecular weight is 520 g/mol. The van der Waals surface area contributed by atoms with E-state index in [4.69, 9.17) is 11.6 Å². The van der Waals surface area contributed by atoms with Gasteiger partial charge in [-0.3, -0.25) is 14.4 Å². The summed E-state index contributed by atoms with van der Waals surface area (Å²) in [5.41, 5.74) is 2.42. The van der Waals surface area contributed by atoms with Crippen molar-refractivity contribution >= 4 is 29.3 Å². The second kappa shape index (κ2) is 10.0. The molecule has 2 aromatic carbocycles. The Balaban J connectivity index is 1.31. The van der Waals surface area contributed by atoms with Crippen LogP contribution >= 0.6 is 11.6 Å². The fourth-order valence-electron chi connectivity index (χ4n) is 4.86. The van der Waals surface area contributed by atoms with Gasteiger partial charge in [0.15, 0.2) is 5.69 Å². The maximum absolute atomic E-state index is 13.7. The van der Waals surface area contributed by atoms with Crippen LogP contribution < -0.4 is 10.6 Å². The summed E-state index contributed by atoms with van der Waals surface area (Å²) in [4.78, 5) is 46.1. The Labute approximate surface area is 221 Å². The van der Waals surface area contributed by atoms with Crippen LogP contribution in [0.1, 0.15) is 57.4 Å².